The predicted octanol–water partition coefficient (Wildman–Crippen LogP) is -4.49. The zero-order chi connectivity index (χ0) is 19.8. The molecule has 3 N–H and O–H groups in total. The third-order valence-corrected chi connectivity index (χ3v) is 4.01. The lowest BCUT2D eigenvalue weighted by molar-refractivity contribution is -0.921. The second-order valence-corrected chi connectivity index (χ2v) is 6.63. The number of likely N-dealkylation sites (N-methyl/N-ethyl adjacent to an activating group) is 1. The van der Waals surface area contributed by atoms with Crippen molar-refractivity contribution in [3.05, 3.63) is 0 Å². The van der Waals surface area contributed by atoms with E-state index in [-0.39, 0.29) is 48.8 Å². The summed E-state index contributed by atoms with van der Waals surface area (Å²) in [4.78, 5) is 19.3. The van der Waals surface area contributed by atoms with Crippen LogP contribution in [0.3, 0.4) is 0 Å². The Morgan fingerprint density at radius 2 is 1.04 bits per heavy atom. The standard InChI is InChI=1S/C8H20N.C5H14NO.C4H6O4.BrH.ClH/c1-5-9(6-2,7-3)8-4;1-6(2,3)4-5-7;5-3(6)1-2-4(7)8;;/h5-8H2,1-4H3;7H,4-5H2,1-3H3;1-2H2,(H,5,6)(H,7,8);2*1H/q2*+1;;;/p-2. The van der Waals surface area contributed by atoms with Gasteiger partial charge in [-0.1, -0.05) is 0 Å². The molecule has 0 atom stereocenters. The second kappa shape index (κ2) is 20.9. The van der Waals surface area contributed by atoms with Crippen LogP contribution in [0.25, 0.3) is 0 Å². The van der Waals surface area contributed by atoms with Gasteiger partial charge in [0.2, 0.25) is 0 Å². The summed E-state index contributed by atoms with van der Waals surface area (Å²) in [5.41, 5.74) is 0. The number of carbonyl (C=O) groups is 2. The summed E-state index contributed by atoms with van der Waals surface area (Å²) in [6, 6.07) is 0. The van der Waals surface area contributed by atoms with Crippen molar-refractivity contribution < 1.29 is 63.3 Å². The van der Waals surface area contributed by atoms with Crippen LogP contribution in [0.15, 0.2) is 0 Å². The molecule has 0 rings (SSSR count). The van der Waals surface area contributed by atoms with Gasteiger partial charge in [-0.15, -0.1) is 0 Å². The number of carboxylic acid groups (broad SMARTS) is 2. The second-order valence-electron chi connectivity index (χ2n) is 6.63. The van der Waals surface area contributed by atoms with Gasteiger partial charge in [0, 0.05) is 0 Å². The van der Waals surface area contributed by atoms with Gasteiger partial charge in [-0.05, 0) is 27.7 Å². The summed E-state index contributed by atoms with van der Waals surface area (Å²) < 4.78 is 2.12. The van der Waals surface area contributed by atoms with Crippen molar-refractivity contribution >= 4 is 11.9 Å². The average Bonchev–Trinajstić information content (AvgIpc) is 2.48. The van der Waals surface area contributed by atoms with E-state index in [1.165, 1.54) is 30.7 Å². The van der Waals surface area contributed by atoms with Crippen molar-refractivity contribution in [3.63, 3.8) is 0 Å². The van der Waals surface area contributed by atoms with Crippen molar-refractivity contribution in [1.29, 1.82) is 0 Å². The number of quaternary nitrogens is 2. The van der Waals surface area contributed by atoms with E-state index in [2.05, 4.69) is 48.8 Å². The van der Waals surface area contributed by atoms with Gasteiger partial charge < -0.3 is 53.7 Å². The lowest BCUT2D eigenvalue weighted by Crippen LogP contribution is -3.00. The number of rotatable bonds is 9. The van der Waals surface area contributed by atoms with E-state index in [1.807, 2.05) is 0 Å². The molecule has 0 unspecified atom stereocenters. The summed E-state index contributed by atoms with van der Waals surface area (Å²) in [7, 11) is 6.16. The summed E-state index contributed by atoms with van der Waals surface area (Å²) in [6.07, 6.45) is -0.593. The largest absolute Gasteiger partial charge is 1.00 e. The molecule has 0 radical (unpaired) electrons. The molecule has 0 aliphatic carbocycles. The first-order valence-corrected chi connectivity index (χ1v) is 8.63. The Kier molecular flexibility index (Phi) is 29.3. The average molecular weight is 468 g/mol. The normalized spacial score (nSPS) is 10.0. The quantitative estimate of drug-likeness (QED) is 0.297. The predicted molar refractivity (Wildman–Crippen MR) is 96.9 cm³/mol. The summed E-state index contributed by atoms with van der Waals surface area (Å²) in [5, 5.41) is 24.2. The molecular formula is C17H40BrClN2O5. The molecule has 162 valence electrons. The lowest BCUT2D eigenvalue weighted by Gasteiger charge is -2.34. The molecule has 9 heteroatoms. The Morgan fingerprint density at radius 1 is 0.769 bits per heavy atom. The van der Waals surface area contributed by atoms with Crippen molar-refractivity contribution in [1.82, 2.24) is 0 Å². The maximum absolute atomic E-state index is 9.64. The van der Waals surface area contributed by atoms with Crippen LogP contribution in [0, 0.1) is 0 Å². The number of carboxylic acids is 2. The van der Waals surface area contributed by atoms with Crippen LogP contribution < -0.4 is 29.4 Å². The third-order valence-electron chi connectivity index (χ3n) is 4.01. The van der Waals surface area contributed by atoms with E-state index in [4.69, 9.17) is 15.3 Å². The summed E-state index contributed by atoms with van der Waals surface area (Å²) in [5.74, 6) is -2.15. The minimum Gasteiger partial charge on any atom is -1.00 e. The molecule has 0 saturated heterocycles. The number of halogens is 2. The smallest absolute Gasteiger partial charge is 0.303 e. The van der Waals surface area contributed by atoms with Crippen LogP contribution >= 0.6 is 0 Å². The van der Waals surface area contributed by atoms with Crippen molar-refractivity contribution in [2.45, 2.75) is 40.5 Å². The first kappa shape index (κ1) is 36.5. The van der Waals surface area contributed by atoms with Crippen LogP contribution in [-0.4, -0.2) is 96.7 Å². The summed E-state index contributed by atoms with van der Waals surface area (Å²) in [6.45, 7) is 15.3. The van der Waals surface area contributed by atoms with Gasteiger partial charge in [-0.2, -0.15) is 0 Å². The highest BCUT2D eigenvalue weighted by Crippen LogP contribution is 2.03. The van der Waals surface area contributed by atoms with Crippen LogP contribution in [0.2, 0.25) is 0 Å². The monoisotopic (exact) mass is 466 g/mol. The van der Waals surface area contributed by atoms with Gasteiger partial charge >= 0.3 is 11.9 Å². The Morgan fingerprint density at radius 3 is 1.08 bits per heavy atom. The van der Waals surface area contributed by atoms with E-state index in [0.29, 0.717) is 0 Å². The van der Waals surface area contributed by atoms with Gasteiger partial charge in [-0.3, -0.25) is 9.59 Å². The fourth-order valence-electron chi connectivity index (χ4n) is 1.86. The highest BCUT2D eigenvalue weighted by atomic mass is 79.9. The highest BCUT2D eigenvalue weighted by Gasteiger charge is 2.16. The number of aliphatic carboxylic acids is 2. The van der Waals surface area contributed by atoms with Gasteiger partial charge in [-0.25, -0.2) is 0 Å². The Hall–Kier alpha value is -0.410. The lowest BCUT2D eigenvalue weighted by atomic mass is 10.3. The maximum Gasteiger partial charge on any atom is 0.303 e. The molecule has 0 aromatic heterocycles. The highest BCUT2D eigenvalue weighted by molar-refractivity contribution is 5.75. The van der Waals surface area contributed by atoms with E-state index in [9.17, 15) is 9.59 Å². The molecule has 0 spiro atoms. The van der Waals surface area contributed by atoms with E-state index < -0.39 is 11.9 Å². The Balaban J connectivity index is -0.0000000823. The Bertz CT molecular complexity index is 304. The van der Waals surface area contributed by atoms with Crippen molar-refractivity contribution in [2.24, 2.45) is 0 Å². The van der Waals surface area contributed by atoms with Crippen molar-refractivity contribution in [2.75, 3.05) is 60.5 Å². The van der Waals surface area contributed by atoms with Crippen LogP contribution in [-0.2, 0) is 9.59 Å². The van der Waals surface area contributed by atoms with Gasteiger partial charge in [0.1, 0.15) is 6.54 Å². The fourth-order valence-corrected chi connectivity index (χ4v) is 1.86. The van der Waals surface area contributed by atoms with Gasteiger partial charge in [0.05, 0.1) is 66.8 Å². The first-order chi connectivity index (χ1) is 10.9. The van der Waals surface area contributed by atoms with Gasteiger partial charge in [0.15, 0.2) is 0 Å². The number of nitrogens with zero attached hydrogens (tertiary/aromatic N) is 2. The molecule has 0 aromatic carbocycles. The van der Waals surface area contributed by atoms with Crippen LogP contribution in [0.1, 0.15) is 40.5 Å². The number of aliphatic hydroxyl groups excluding tert-OH is 1. The SMILES string of the molecule is CC[N+](CC)(CC)CC.C[N+](C)(C)CCO.O=C(O)CCC(=O)O.[Br-].[Cl-]. The molecule has 0 saturated carbocycles. The number of hydrogen-bond donors (Lipinski definition) is 3. The molecule has 0 amide bonds. The fraction of sp³-hybridized carbons (Fsp3) is 0.882. The molecule has 7 nitrogen and oxygen atoms in total. The number of hydrogen-bond acceptors (Lipinski definition) is 3. The van der Waals surface area contributed by atoms with Crippen molar-refractivity contribution in [3.8, 4) is 0 Å². The zero-order valence-electron chi connectivity index (χ0n) is 17.5. The maximum atomic E-state index is 9.64. The molecule has 0 bridgehead atoms. The first-order valence-electron chi connectivity index (χ1n) is 8.63. The summed E-state index contributed by atoms with van der Waals surface area (Å²) >= 11 is 0. The molecule has 26 heavy (non-hydrogen) atoms. The molecule has 0 heterocycles. The Labute approximate surface area is 176 Å². The topological polar surface area (TPSA) is 94.8 Å². The minimum atomic E-state index is -1.08. The van der Waals surface area contributed by atoms with Gasteiger partial charge in [0.25, 0.3) is 0 Å². The third kappa shape index (κ3) is 28.4. The molecule has 0 aromatic rings. The van der Waals surface area contributed by atoms with E-state index >= 15 is 0 Å². The van der Waals surface area contributed by atoms with Crippen LogP contribution in [0.4, 0.5) is 0 Å². The van der Waals surface area contributed by atoms with E-state index in [1.54, 1.807) is 0 Å². The van der Waals surface area contributed by atoms with Crippen LogP contribution in [0.5, 0.6) is 0 Å². The zero-order valence-corrected chi connectivity index (χ0v) is 19.8. The number of aliphatic hydroxyl groups is 1. The molecular weight excluding hydrogens is 428 g/mol. The molecule has 0 fully saturated rings. The molecule has 0 aliphatic heterocycles. The molecule has 0 aliphatic rings. The van der Waals surface area contributed by atoms with E-state index in [0.717, 1.165) is 11.0 Å². The minimum absolute atomic E-state index is 0.